The molecule has 1 unspecified atom stereocenters. The zero-order valence-corrected chi connectivity index (χ0v) is 17.4. The van der Waals surface area contributed by atoms with Crippen molar-refractivity contribution in [1.82, 2.24) is 15.5 Å². The van der Waals surface area contributed by atoms with Crippen molar-refractivity contribution in [3.8, 4) is 5.75 Å². The second-order valence-electron chi connectivity index (χ2n) is 7.05. The first kappa shape index (κ1) is 21.1. The molecule has 6 nitrogen and oxygen atoms in total. The van der Waals surface area contributed by atoms with Crippen LogP contribution in [0.25, 0.3) is 0 Å². The lowest BCUT2D eigenvalue weighted by molar-refractivity contribution is 0.0170. The molecule has 1 atom stereocenters. The van der Waals surface area contributed by atoms with Crippen LogP contribution in [0.3, 0.4) is 0 Å². The van der Waals surface area contributed by atoms with Gasteiger partial charge in [0, 0.05) is 33.2 Å². The van der Waals surface area contributed by atoms with Gasteiger partial charge in [-0.3, -0.25) is 9.89 Å². The summed E-state index contributed by atoms with van der Waals surface area (Å²) in [5.41, 5.74) is 2.58. The molecule has 0 bridgehead atoms. The number of methoxy groups -OCH3 is 1. The van der Waals surface area contributed by atoms with E-state index in [0.29, 0.717) is 0 Å². The number of guanidine groups is 1. The minimum Gasteiger partial charge on any atom is -0.497 e. The minimum atomic E-state index is 0.248. The Morgan fingerprint density at radius 2 is 1.79 bits per heavy atom. The van der Waals surface area contributed by atoms with Crippen LogP contribution in [0.15, 0.2) is 59.6 Å². The molecule has 0 radical (unpaired) electrons. The molecule has 0 amide bonds. The van der Waals surface area contributed by atoms with Gasteiger partial charge in [-0.25, -0.2) is 0 Å². The van der Waals surface area contributed by atoms with E-state index in [4.69, 9.17) is 9.47 Å². The van der Waals surface area contributed by atoms with Gasteiger partial charge in [0.05, 0.1) is 26.4 Å². The lowest BCUT2D eigenvalue weighted by atomic mass is 10.0. The van der Waals surface area contributed by atoms with E-state index >= 15 is 0 Å². The van der Waals surface area contributed by atoms with E-state index in [1.54, 1.807) is 7.11 Å². The average molecular weight is 397 g/mol. The van der Waals surface area contributed by atoms with Crippen molar-refractivity contribution in [3.63, 3.8) is 0 Å². The van der Waals surface area contributed by atoms with E-state index in [9.17, 15) is 0 Å². The van der Waals surface area contributed by atoms with E-state index in [1.807, 2.05) is 25.2 Å². The van der Waals surface area contributed by atoms with Crippen LogP contribution < -0.4 is 15.4 Å². The van der Waals surface area contributed by atoms with Gasteiger partial charge in [0.1, 0.15) is 5.75 Å². The van der Waals surface area contributed by atoms with Gasteiger partial charge < -0.3 is 20.1 Å². The van der Waals surface area contributed by atoms with Gasteiger partial charge in [-0.2, -0.15) is 0 Å². The molecular formula is C23H32N4O2. The number of hydrogen-bond acceptors (Lipinski definition) is 4. The quantitative estimate of drug-likeness (QED) is 0.530. The molecule has 156 valence electrons. The number of ether oxygens (including phenoxy) is 2. The van der Waals surface area contributed by atoms with Crippen molar-refractivity contribution in [2.24, 2.45) is 4.99 Å². The maximum absolute atomic E-state index is 5.55. The van der Waals surface area contributed by atoms with Gasteiger partial charge >= 0.3 is 0 Å². The van der Waals surface area contributed by atoms with Crippen LogP contribution in [0.5, 0.6) is 5.75 Å². The van der Waals surface area contributed by atoms with Gasteiger partial charge in [-0.15, -0.1) is 0 Å². The predicted octanol–water partition coefficient (Wildman–Crippen LogP) is 2.48. The SMILES string of the molecule is CN=C(NCCc1ccccc1)NCC(c1ccc(OC)cc1)N1CCOCC1. The Labute approximate surface area is 173 Å². The third-order valence-electron chi connectivity index (χ3n) is 5.22. The largest absolute Gasteiger partial charge is 0.497 e. The highest BCUT2D eigenvalue weighted by atomic mass is 16.5. The molecule has 2 N–H and O–H groups in total. The Morgan fingerprint density at radius 1 is 1.07 bits per heavy atom. The van der Waals surface area contributed by atoms with E-state index in [1.165, 1.54) is 11.1 Å². The molecule has 2 aromatic carbocycles. The van der Waals surface area contributed by atoms with Crippen LogP contribution in [0, 0.1) is 0 Å². The van der Waals surface area contributed by atoms with Gasteiger partial charge in [0.15, 0.2) is 5.96 Å². The van der Waals surface area contributed by atoms with Crippen LogP contribution in [0.1, 0.15) is 17.2 Å². The number of nitrogens with one attached hydrogen (secondary N) is 2. The summed E-state index contributed by atoms with van der Waals surface area (Å²) in [6.07, 6.45) is 0.965. The molecule has 1 aliphatic rings. The molecule has 0 aromatic heterocycles. The fourth-order valence-corrected chi connectivity index (χ4v) is 3.56. The van der Waals surface area contributed by atoms with Crippen LogP contribution >= 0.6 is 0 Å². The average Bonchev–Trinajstić information content (AvgIpc) is 2.80. The first-order valence-electron chi connectivity index (χ1n) is 10.2. The molecule has 6 heteroatoms. The van der Waals surface area contributed by atoms with Crippen LogP contribution in [-0.4, -0.2) is 64.4 Å². The summed E-state index contributed by atoms with van der Waals surface area (Å²) in [5.74, 6) is 1.70. The van der Waals surface area contributed by atoms with Crippen molar-refractivity contribution >= 4 is 5.96 Å². The van der Waals surface area contributed by atoms with Gasteiger partial charge in [-0.1, -0.05) is 42.5 Å². The summed E-state index contributed by atoms with van der Waals surface area (Å²) in [4.78, 5) is 6.86. The fourth-order valence-electron chi connectivity index (χ4n) is 3.56. The number of benzene rings is 2. The van der Waals surface area contributed by atoms with Crippen molar-refractivity contribution in [2.75, 3.05) is 53.6 Å². The van der Waals surface area contributed by atoms with E-state index in [-0.39, 0.29) is 6.04 Å². The van der Waals surface area contributed by atoms with Gasteiger partial charge in [0.25, 0.3) is 0 Å². The van der Waals surface area contributed by atoms with Gasteiger partial charge in [-0.05, 0) is 29.7 Å². The summed E-state index contributed by atoms with van der Waals surface area (Å²) >= 11 is 0. The fraction of sp³-hybridized carbons (Fsp3) is 0.435. The van der Waals surface area contributed by atoms with Crippen LogP contribution in [0.4, 0.5) is 0 Å². The summed E-state index contributed by atoms with van der Waals surface area (Å²) < 4.78 is 10.9. The minimum absolute atomic E-state index is 0.248. The Balaban J connectivity index is 1.58. The van der Waals surface area contributed by atoms with Crippen LogP contribution in [0.2, 0.25) is 0 Å². The highest BCUT2D eigenvalue weighted by Crippen LogP contribution is 2.23. The second-order valence-corrected chi connectivity index (χ2v) is 7.05. The summed E-state index contributed by atoms with van der Waals surface area (Å²) in [7, 11) is 3.51. The second kappa shape index (κ2) is 11.4. The molecule has 0 spiro atoms. The number of hydrogen-bond donors (Lipinski definition) is 2. The highest BCUT2D eigenvalue weighted by Gasteiger charge is 2.23. The first-order chi connectivity index (χ1) is 14.3. The smallest absolute Gasteiger partial charge is 0.191 e. The highest BCUT2D eigenvalue weighted by molar-refractivity contribution is 5.79. The van der Waals surface area contributed by atoms with Gasteiger partial charge in [0.2, 0.25) is 0 Å². The van der Waals surface area contributed by atoms with Crippen molar-refractivity contribution < 1.29 is 9.47 Å². The van der Waals surface area contributed by atoms with E-state index in [2.05, 4.69) is 56.9 Å². The number of nitrogens with zero attached hydrogens (tertiary/aromatic N) is 2. The van der Waals surface area contributed by atoms with Crippen LogP contribution in [-0.2, 0) is 11.2 Å². The topological polar surface area (TPSA) is 58.1 Å². The van der Waals surface area contributed by atoms with Crippen molar-refractivity contribution in [1.29, 1.82) is 0 Å². The third kappa shape index (κ3) is 6.48. The number of rotatable bonds is 8. The van der Waals surface area contributed by atoms with E-state index in [0.717, 1.165) is 57.5 Å². The molecule has 29 heavy (non-hydrogen) atoms. The summed E-state index contributed by atoms with van der Waals surface area (Å²) in [6.45, 7) is 5.02. The normalized spacial score (nSPS) is 16.3. The molecule has 1 saturated heterocycles. The summed E-state index contributed by atoms with van der Waals surface area (Å²) in [5, 5.41) is 6.93. The monoisotopic (exact) mass is 396 g/mol. The molecule has 1 aliphatic heterocycles. The molecular weight excluding hydrogens is 364 g/mol. The molecule has 1 heterocycles. The molecule has 0 saturated carbocycles. The molecule has 0 aliphatic carbocycles. The Morgan fingerprint density at radius 3 is 2.45 bits per heavy atom. The number of aliphatic imine (C=N–C) groups is 1. The lowest BCUT2D eigenvalue weighted by Crippen LogP contribution is -2.46. The Kier molecular flexibility index (Phi) is 8.34. The summed E-state index contributed by atoms with van der Waals surface area (Å²) in [6, 6.07) is 19.1. The van der Waals surface area contributed by atoms with E-state index < -0.39 is 0 Å². The van der Waals surface area contributed by atoms with Crippen molar-refractivity contribution in [3.05, 3.63) is 65.7 Å². The predicted molar refractivity (Wildman–Crippen MR) is 118 cm³/mol. The third-order valence-corrected chi connectivity index (χ3v) is 5.22. The number of morpholine rings is 1. The molecule has 2 aromatic rings. The maximum Gasteiger partial charge on any atom is 0.191 e. The zero-order valence-electron chi connectivity index (χ0n) is 17.4. The lowest BCUT2D eigenvalue weighted by Gasteiger charge is -2.35. The van der Waals surface area contributed by atoms with Crippen molar-refractivity contribution in [2.45, 2.75) is 12.5 Å². The first-order valence-corrected chi connectivity index (χ1v) is 10.2. The standard InChI is InChI=1S/C23H32N4O2/c1-24-23(25-13-12-19-6-4-3-5-7-19)26-18-22(27-14-16-29-17-15-27)20-8-10-21(28-2)11-9-20/h3-11,22H,12-18H2,1-2H3,(H2,24,25,26). The zero-order chi connectivity index (χ0) is 20.3. The molecule has 1 fully saturated rings. The molecule has 3 rings (SSSR count). The Bertz CT molecular complexity index is 743. The Hall–Kier alpha value is -2.57. The maximum atomic E-state index is 5.55.